The molecule has 0 aliphatic carbocycles. The maximum absolute atomic E-state index is 12.1. The summed E-state index contributed by atoms with van der Waals surface area (Å²) in [4.78, 5) is 32.5. The highest BCUT2D eigenvalue weighted by Crippen LogP contribution is 2.36. The maximum atomic E-state index is 12.1. The second kappa shape index (κ2) is 7.94. The number of nitrogens with two attached hydrogens (primary N) is 1. The molecule has 9 nitrogen and oxygen atoms in total. The summed E-state index contributed by atoms with van der Waals surface area (Å²) in [6, 6.07) is 15.0. The van der Waals surface area contributed by atoms with Gasteiger partial charge in [-0.05, 0) is 37.6 Å². The Bertz CT molecular complexity index is 1150. The van der Waals surface area contributed by atoms with E-state index in [1.54, 1.807) is 32.0 Å². The van der Waals surface area contributed by atoms with E-state index in [4.69, 9.17) is 10.5 Å². The van der Waals surface area contributed by atoms with Crippen LogP contribution in [0.25, 0.3) is 0 Å². The first-order chi connectivity index (χ1) is 14.8. The van der Waals surface area contributed by atoms with Gasteiger partial charge in [0, 0.05) is 18.4 Å². The number of anilines is 4. The fraction of sp³-hybridized carbons (Fsp3) is 0.182. The minimum Gasteiger partial charge on any atom is -0.476 e. The summed E-state index contributed by atoms with van der Waals surface area (Å²) in [7, 11) is 0. The van der Waals surface area contributed by atoms with Crippen LogP contribution in [0.5, 0.6) is 5.75 Å². The highest BCUT2D eigenvalue weighted by Gasteiger charge is 2.35. The summed E-state index contributed by atoms with van der Waals surface area (Å²) in [5.41, 5.74) is 6.93. The number of amides is 2. The maximum Gasteiger partial charge on any atom is 0.268 e. The number of hydrogen-bond donors (Lipinski definition) is 4. The van der Waals surface area contributed by atoms with Crippen molar-refractivity contribution >= 4 is 35.0 Å². The van der Waals surface area contributed by atoms with E-state index in [0.29, 0.717) is 29.5 Å². The lowest BCUT2D eigenvalue weighted by molar-refractivity contribution is -0.129. The summed E-state index contributed by atoms with van der Waals surface area (Å²) in [6.45, 7) is 3.88. The van der Waals surface area contributed by atoms with Crippen molar-refractivity contribution in [2.75, 3.05) is 16.0 Å². The number of nitrogens with zero attached hydrogens (tertiary/aromatic N) is 2. The Morgan fingerprint density at radius 3 is 2.71 bits per heavy atom. The summed E-state index contributed by atoms with van der Waals surface area (Å²) in [5.74, 6) is 0.310. The molecule has 3 aromatic rings. The Kier molecular flexibility index (Phi) is 5.16. The Labute approximate surface area is 179 Å². The van der Waals surface area contributed by atoms with Crippen molar-refractivity contribution in [3.8, 4) is 5.75 Å². The van der Waals surface area contributed by atoms with E-state index in [0.717, 1.165) is 5.56 Å². The molecule has 2 aromatic carbocycles. The molecule has 1 aliphatic heterocycles. The van der Waals surface area contributed by atoms with Gasteiger partial charge in [-0.1, -0.05) is 30.3 Å². The molecule has 0 saturated heterocycles. The van der Waals surface area contributed by atoms with E-state index < -0.39 is 11.5 Å². The molecular weight excluding hydrogens is 396 g/mol. The number of benzene rings is 2. The van der Waals surface area contributed by atoms with Crippen molar-refractivity contribution in [3.05, 3.63) is 65.9 Å². The molecular formula is C22H22N6O3. The molecule has 0 atom stereocenters. The lowest BCUT2D eigenvalue weighted by Crippen LogP contribution is -2.45. The van der Waals surface area contributed by atoms with E-state index in [-0.39, 0.29) is 17.4 Å². The normalized spacial score (nSPS) is 14.1. The molecule has 0 fully saturated rings. The van der Waals surface area contributed by atoms with Gasteiger partial charge >= 0.3 is 0 Å². The standard InChI is InChI=1S/C22H22N6O3/c1-22(2)20(30)27-16-10-14(8-9-17(16)31-22)26-21-25-12-15(18(23)29)19(28-21)24-11-13-6-4-3-5-7-13/h3-10,12H,11H2,1-2H3,(H2,23,29)(H,27,30)(H2,24,25,26,28). The summed E-state index contributed by atoms with van der Waals surface area (Å²) < 4.78 is 5.74. The van der Waals surface area contributed by atoms with Crippen molar-refractivity contribution in [2.45, 2.75) is 26.0 Å². The molecule has 0 spiro atoms. The van der Waals surface area contributed by atoms with Gasteiger partial charge < -0.3 is 26.4 Å². The van der Waals surface area contributed by atoms with Gasteiger partial charge in [0.25, 0.3) is 11.8 Å². The third kappa shape index (κ3) is 4.40. The van der Waals surface area contributed by atoms with E-state index in [1.807, 2.05) is 30.3 Å². The van der Waals surface area contributed by atoms with Gasteiger partial charge in [-0.3, -0.25) is 9.59 Å². The van der Waals surface area contributed by atoms with Crippen LogP contribution in [0.3, 0.4) is 0 Å². The second-order valence-electron chi connectivity index (χ2n) is 7.56. The quantitative estimate of drug-likeness (QED) is 0.484. The smallest absolute Gasteiger partial charge is 0.268 e. The van der Waals surface area contributed by atoms with Gasteiger partial charge in [0.2, 0.25) is 5.95 Å². The first-order valence-electron chi connectivity index (χ1n) is 9.68. The van der Waals surface area contributed by atoms with Gasteiger partial charge in [-0.25, -0.2) is 4.98 Å². The molecule has 31 heavy (non-hydrogen) atoms. The minimum atomic E-state index is -0.936. The summed E-state index contributed by atoms with van der Waals surface area (Å²) in [6.07, 6.45) is 1.37. The van der Waals surface area contributed by atoms with E-state index in [2.05, 4.69) is 25.9 Å². The van der Waals surface area contributed by atoms with Crippen molar-refractivity contribution in [1.29, 1.82) is 0 Å². The Morgan fingerprint density at radius 2 is 1.97 bits per heavy atom. The van der Waals surface area contributed by atoms with Crippen molar-refractivity contribution in [2.24, 2.45) is 5.73 Å². The highest BCUT2D eigenvalue weighted by atomic mass is 16.5. The van der Waals surface area contributed by atoms with Gasteiger partial charge in [0.1, 0.15) is 11.6 Å². The predicted molar refractivity (Wildman–Crippen MR) is 117 cm³/mol. The number of fused-ring (bicyclic) bond motifs is 1. The van der Waals surface area contributed by atoms with Crippen molar-refractivity contribution in [1.82, 2.24) is 9.97 Å². The van der Waals surface area contributed by atoms with Crippen LogP contribution in [0, 0.1) is 0 Å². The Hall–Kier alpha value is -4.14. The van der Waals surface area contributed by atoms with Gasteiger partial charge in [-0.15, -0.1) is 0 Å². The van der Waals surface area contributed by atoms with Crippen LogP contribution in [-0.2, 0) is 11.3 Å². The zero-order chi connectivity index (χ0) is 22.0. The number of rotatable bonds is 6. The predicted octanol–water partition coefficient (Wildman–Crippen LogP) is 3.04. The zero-order valence-corrected chi connectivity index (χ0v) is 17.1. The van der Waals surface area contributed by atoms with E-state index in [9.17, 15) is 9.59 Å². The van der Waals surface area contributed by atoms with Crippen LogP contribution in [0.15, 0.2) is 54.7 Å². The van der Waals surface area contributed by atoms with Crippen LogP contribution < -0.4 is 26.4 Å². The molecule has 0 saturated carbocycles. The largest absolute Gasteiger partial charge is 0.476 e. The average Bonchev–Trinajstić information content (AvgIpc) is 2.74. The number of carbonyl (C=O) groups is 2. The molecule has 0 unspecified atom stereocenters. The van der Waals surface area contributed by atoms with Crippen LogP contribution >= 0.6 is 0 Å². The van der Waals surface area contributed by atoms with Crippen LogP contribution in [0.4, 0.5) is 23.1 Å². The summed E-state index contributed by atoms with van der Waals surface area (Å²) >= 11 is 0. The summed E-state index contributed by atoms with van der Waals surface area (Å²) in [5, 5.41) is 9.04. The van der Waals surface area contributed by atoms with Gasteiger partial charge in [-0.2, -0.15) is 4.98 Å². The van der Waals surface area contributed by atoms with Crippen LogP contribution in [0.1, 0.15) is 29.8 Å². The lowest BCUT2D eigenvalue weighted by Gasteiger charge is -2.31. The second-order valence-corrected chi connectivity index (χ2v) is 7.56. The number of primary amides is 1. The Morgan fingerprint density at radius 1 is 1.19 bits per heavy atom. The van der Waals surface area contributed by atoms with E-state index in [1.165, 1.54) is 6.20 Å². The van der Waals surface area contributed by atoms with Crippen molar-refractivity contribution in [3.63, 3.8) is 0 Å². The molecule has 0 bridgehead atoms. The third-order valence-corrected chi connectivity index (χ3v) is 4.75. The SMILES string of the molecule is CC1(C)Oc2ccc(Nc3ncc(C(N)=O)c(NCc4ccccc4)n3)cc2NC1=O. The average molecular weight is 418 g/mol. The fourth-order valence-corrected chi connectivity index (χ4v) is 3.06. The molecule has 5 N–H and O–H groups in total. The number of nitrogens with one attached hydrogen (secondary N) is 3. The Balaban J connectivity index is 1.55. The van der Waals surface area contributed by atoms with Crippen LogP contribution in [-0.4, -0.2) is 27.4 Å². The molecule has 158 valence electrons. The minimum absolute atomic E-state index is 0.190. The number of ether oxygens (including phenoxy) is 1. The molecule has 4 rings (SSSR count). The molecule has 0 radical (unpaired) electrons. The highest BCUT2D eigenvalue weighted by molar-refractivity contribution is 6.00. The molecule has 2 amide bonds. The fourth-order valence-electron chi connectivity index (χ4n) is 3.06. The first kappa shape index (κ1) is 20.1. The molecule has 1 aliphatic rings. The zero-order valence-electron chi connectivity index (χ0n) is 17.1. The van der Waals surface area contributed by atoms with Crippen LogP contribution in [0.2, 0.25) is 0 Å². The molecule has 1 aromatic heterocycles. The number of carbonyl (C=O) groups excluding carboxylic acids is 2. The number of aromatic nitrogens is 2. The topological polar surface area (TPSA) is 131 Å². The number of hydrogen-bond acceptors (Lipinski definition) is 7. The van der Waals surface area contributed by atoms with Crippen molar-refractivity contribution < 1.29 is 14.3 Å². The monoisotopic (exact) mass is 418 g/mol. The molecule has 2 heterocycles. The van der Waals surface area contributed by atoms with Gasteiger partial charge in [0.15, 0.2) is 5.60 Å². The van der Waals surface area contributed by atoms with Gasteiger partial charge in [0.05, 0.1) is 11.3 Å². The van der Waals surface area contributed by atoms with E-state index >= 15 is 0 Å². The third-order valence-electron chi connectivity index (χ3n) is 4.75. The first-order valence-corrected chi connectivity index (χ1v) is 9.68. The molecule has 9 heteroatoms. The lowest BCUT2D eigenvalue weighted by atomic mass is 10.1.